The highest BCUT2D eigenvalue weighted by atomic mass is 16.5. The van der Waals surface area contributed by atoms with Gasteiger partial charge in [-0.15, -0.1) is 0 Å². The van der Waals surface area contributed by atoms with Crippen molar-refractivity contribution in [3.8, 4) is 11.5 Å². The van der Waals surface area contributed by atoms with E-state index in [4.69, 9.17) is 9.47 Å². The van der Waals surface area contributed by atoms with Crippen molar-refractivity contribution in [3.05, 3.63) is 59.7 Å². The first-order valence-electron chi connectivity index (χ1n) is 12.3. The second-order valence-electron chi connectivity index (χ2n) is 10.8. The van der Waals surface area contributed by atoms with Gasteiger partial charge in [-0.05, 0) is 98.3 Å². The first kappa shape index (κ1) is 22.8. The third-order valence-corrected chi connectivity index (χ3v) is 8.32. The number of hydrogen-bond donors (Lipinski definition) is 2. The summed E-state index contributed by atoms with van der Waals surface area (Å²) in [7, 11) is 0. The molecule has 4 saturated carbocycles. The second-order valence-corrected chi connectivity index (χ2v) is 10.8. The largest absolute Gasteiger partial charge is 0.493 e. The van der Waals surface area contributed by atoms with Crippen molar-refractivity contribution >= 4 is 11.9 Å². The monoisotopic (exact) mass is 464 g/mol. The maximum atomic E-state index is 11.5. The summed E-state index contributed by atoms with van der Waals surface area (Å²) in [6.07, 6.45) is 9.29. The fraction of sp³-hybridized carbons (Fsp3) is 0.500. The van der Waals surface area contributed by atoms with E-state index in [9.17, 15) is 19.8 Å². The van der Waals surface area contributed by atoms with Crippen LogP contribution in [0.1, 0.15) is 72.1 Å². The molecule has 34 heavy (non-hydrogen) atoms. The molecule has 4 aliphatic carbocycles. The summed E-state index contributed by atoms with van der Waals surface area (Å²) in [5, 5.41) is 18.8. The molecule has 4 fully saturated rings. The molecule has 2 N–H and O–H groups in total. The molecule has 0 unspecified atom stereocenters. The predicted octanol–water partition coefficient (Wildman–Crippen LogP) is 5.91. The Morgan fingerprint density at radius 2 is 1.15 bits per heavy atom. The average Bonchev–Trinajstić information content (AvgIpc) is 2.78. The average molecular weight is 465 g/mol. The van der Waals surface area contributed by atoms with Gasteiger partial charge in [-0.2, -0.15) is 0 Å². The SMILES string of the molecule is O=C(O)c1ccccc1OCCC12CC3CC(C1)CC(CCOc1ccccc1C(=O)O)(C3)C2. The lowest BCUT2D eigenvalue weighted by Crippen LogP contribution is -2.52. The van der Waals surface area contributed by atoms with E-state index < -0.39 is 11.9 Å². The van der Waals surface area contributed by atoms with Gasteiger partial charge in [0.25, 0.3) is 0 Å². The van der Waals surface area contributed by atoms with Crippen molar-refractivity contribution in [2.75, 3.05) is 13.2 Å². The molecule has 6 heteroatoms. The minimum absolute atomic E-state index is 0.211. The van der Waals surface area contributed by atoms with Crippen LogP contribution in [-0.2, 0) is 0 Å². The third kappa shape index (κ3) is 4.50. The van der Waals surface area contributed by atoms with Gasteiger partial charge in [0.2, 0.25) is 0 Å². The van der Waals surface area contributed by atoms with Crippen LogP contribution in [0.4, 0.5) is 0 Å². The van der Waals surface area contributed by atoms with E-state index >= 15 is 0 Å². The Kier molecular flexibility index (Phi) is 6.00. The van der Waals surface area contributed by atoms with Gasteiger partial charge in [-0.25, -0.2) is 9.59 Å². The molecule has 6 nitrogen and oxygen atoms in total. The second kappa shape index (κ2) is 8.97. The van der Waals surface area contributed by atoms with Crippen LogP contribution in [0.2, 0.25) is 0 Å². The molecule has 0 aliphatic heterocycles. The van der Waals surface area contributed by atoms with Gasteiger partial charge in [0.1, 0.15) is 22.6 Å². The van der Waals surface area contributed by atoms with Crippen molar-refractivity contribution < 1.29 is 29.3 Å². The van der Waals surface area contributed by atoms with E-state index in [1.807, 2.05) is 12.1 Å². The molecule has 180 valence electrons. The molecule has 0 heterocycles. The summed E-state index contributed by atoms with van der Waals surface area (Å²) < 4.78 is 12.0. The first-order chi connectivity index (χ1) is 16.4. The van der Waals surface area contributed by atoms with Gasteiger partial charge >= 0.3 is 11.9 Å². The molecule has 2 aromatic carbocycles. The fourth-order valence-electron chi connectivity index (χ4n) is 7.53. The number of carboxylic acid groups (broad SMARTS) is 2. The lowest BCUT2D eigenvalue weighted by Gasteiger charge is -2.62. The van der Waals surface area contributed by atoms with E-state index in [1.165, 1.54) is 32.1 Å². The smallest absolute Gasteiger partial charge is 0.339 e. The standard InChI is InChI=1S/C28H32O6/c29-25(30)21-5-1-3-7-23(21)33-11-9-27-14-19-13-20(15-27)17-28(16-19,18-27)10-12-34-24-8-4-2-6-22(24)26(31)32/h1-8,19-20H,9-18H2,(H,29,30)(H,31,32). The molecule has 0 amide bonds. The summed E-state index contributed by atoms with van der Waals surface area (Å²) in [4.78, 5) is 23.0. The van der Waals surface area contributed by atoms with Crippen LogP contribution < -0.4 is 9.47 Å². The van der Waals surface area contributed by atoms with Crippen molar-refractivity contribution in [2.24, 2.45) is 22.7 Å². The number of aromatic carboxylic acids is 2. The molecule has 0 saturated heterocycles. The molecule has 6 rings (SSSR count). The molecule has 4 bridgehead atoms. The maximum Gasteiger partial charge on any atom is 0.339 e. The molecule has 0 spiro atoms. The van der Waals surface area contributed by atoms with Gasteiger partial charge in [-0.1, -0.05) is 24.3 Å². The Balaban J connectivity index is 1.23. The Bertz CT molecular complexity index is 981. The summed E-state index contributed by atoms with van der Waals surface area (Å²) in [5.41, 5.74) is 0.925. The Morgan fingerprint density at radius 1 is 0.735 bits per heavy atom. The van der Waals surface area contributed by atoms with Crippen LogP contribution in [0.15, 0.2) is 48.5 Å². The highest BCUT2D eigenvalue weighted by Gasteiger charge is 2.57. The molecule has 0 radical (unpaired) electrons. The van der Waals surface area contributed by atoms with Crippen LogP contribution >= 0.6 is 0 Å². The number of carboxylic acids is 2. The van der Waals surface area contributed by atoms with Gasteiger partial charge in [0.15, 0.2) is 0 Å². The number of hydrogen-bond acceptors (Lipinski definition) is 4. The van der Waals surface area contributed by atoms with E-state index in [0.717, 1.165) is 31.1 Å². The summed E-state index contributed by atoms with van der Waals surface area (Å²) >= 11 is 0. The van der Waals surface area contributed by atoms with Crippen LogP contribution in [0.25, 0.3) is 0 Å². The summed E-state index contributed by atoms with van der Waals surface area (Å²) in [6, 6.07) is 13.7. The number of ether oxygens (including phenoxy) is 2. The Morgan fingerprint density at radius 3 is 1.56 bits per heavy atom. The van der Waals surface area contributed by atoms with Crippen LogP contribution in [0.5, 0.6) is 11.5 Å². The zero-order valence-electron chi connectivity index (χ0n) is 19.4. The molecule has 2 aromatic rings. The van der Waals surface area contributed by atoms with E-state index in [2.05, 4.69) is 0 Å². The minimum atomic E-state index is -0.964. The van der Waals surface area contributed by atoms with Crippen molar-refractivity contribution in [1.82, 2.24) is 0 Å². The van der Waals surface area contributed by atoms with E-state index in [-0.39, 0.29) is 22.0 Å². The molecule has 4 aliphatic rings. The number of rotatable bonds is 10. The quantitative estimate of drug-likeness (QED) is 0.454. The van der Waals surface area contributed by atoms with Crippen LogP contribution in [0, 0.1) is 22.7 Å². The van der Waals surface area contributed by atoms with Gasteiger partial charge < -0.3 is 19.7 Å². The Hall–Kier alpha value is -3.02. The normalized spacial score (nSPS) is 29.1. The fourth-order valence-corrected chi connectivity index (χ4v) is 7.53. The molecule has 0 atom stereocenters. The van der Waals surface area contributed by atoms with Crippen LogP contribution in [0.3, 0.4) is 0 Å². The van der Waals surface area contributed by atoms with Crippen molar-refractivity contribution in [1.29, 1.82) is 0 Å². The van der Waals surface area contributed by atoms with Gasteiger partial charge in [0, 0.05) is 0 Å². The first-order valence-corrected chi connectivity index (χ1v) is 12.3. The lowest BCUT2D eigenvalue weighted by molar-refractivity contribution is -0.123. The highest BCUT2D eigenvalue weighted by Crippen LogP contribution is 2.67. The lowest BCUT2D eigenvalue weighted by atomic mass is 9.43. The zero-order chi connectivity index (χ0) is 23.8. The third-order valence-electron chi connectivity index (χ3n) is 8.32. The molecular weight excluding hydrogens is 432 g/mol. The maximum absolute atomic E-state index is 11.5. The Labute approximate surface area is 199 Å². The summed E-state index contributed by atoms with van der Waals surface area (Å²) in [5.74, 6) is 0.431. The number of carbonyl (C=O) groups is 2. The van der Waals surface area contributed by atoms with Crippen molar-refractivity contribution in [3.63, 3.8) is 0 Å². The van der Waals surface area contributed by atoms with Gasteiger partial charge in [-0.3, -0.25) is 0 Å². The van der Waals surface area contributed by atoms with Crippen molar-refractivity contribution in [2.45, 2.75) is 51.4 Å². The highest BCUT2D eigenvalue weighted by molar-refractivity contribution is 5.91. The minimum Gasteiger partial charge on any atom is -0.493 e. The van der Waals surface area contributed by atoms with E-state index in [1.54, 1.807) is 36.4 Å². The molecule has 0 aromatic heterocycles. The zero-order valence-corrected chi connectivity index (χ0v) is 19.4. The number of para-hydroxylation sites is 2. The predicted molar refractivity (Wildman–Crippen MR) is 127 cm³/mol. The summed E-state index contributed by atoms with van der Waals surface area (Å²) in [6.45, 7) is 1.06. The topological polar surface area (TPSA) is 93.1 Å². The van der Waals surface area contributed by atoms with E-state index in [0.29, 0.717) is 24.7 Å². The molecular formula is C28H32O6. The number of benzene rings is 2. The van der Waals surface area contributed by atoms with Gasteiger partial charge in [0.05, 0.1) is 13.2 Å². The van der Waals surface area contributed by atoms with Crippen LogP contribution in [-0.4, -0.2) is 35.4 Å².